The molecule has 0 saturated carbocycles. The van der Waals surface area contributed by atoms with Crippen molar-refractivity contribution >= 4 is 17.8 Å². The molecule has 0 bridgehead atoms. The van der Waals surface area contributed by atoms with Crippen LogP contribution >= 0.6 is 0 Å². The molecular weight excluding hydrogens is 416 g/mol. The minimum Gasteiger partial charge on any atom is -0.493 e. The molecule has 1 aromatic carbocycles. The van der Waals surface area contributed by atoms with Crippen LogP contribution in [0.2, 0.25) is 0 Å². The van der Waals surface area contributed by atoms with Crippen molar-refractivity contribution in [3.05, 3.63) is 53.9 Å². The molecule has 0 amide bonds. The number of unbranched alkanes of at least 4 members (excludes halogenated alkanes) is 9. The van der Waals surface area contributed by atoms with Gasteiger partial charge in [0, 0.05) is 48.6 Å². The van der Waals surface area contributed by atoms with Crippen LogP contribution in [0.3, 0.4) is 0 Å². The summed E-state index contributed by atoms with van der Waals surface area (Å²) in [5.74, 6) is 0.996. The Morgan fingerprint density at radius 2 is 1.44 bits per heavy atom. The lowest BCUT2D eigenvalue weighted by Gasteiger charge is -2.22. The Kier molecular flexibility index (Phi) is 14.1. The van der Waals surface area contributed by atoms with Gasteiger partial charge in [0.25, 0.3) is 0 Å². The SMILES string of the molecule is CCCCCCCCCCCCOc1cc(N(CC)CC)ccc1/C=C/c1cccc[n+]1CC. The van der Waals surface area contributed by atoms with Gasteiger partial charge in [-0.3, -0.25) is 0 Å². The molecule has 0 radical (unpaired) electrons. The van der Waals surface area contributed by atoms with Gasteiger partial charge in [0.15, 0.2) is 6.20 Å². The van der Waals surface area contributed by atoms with E-state index in [1.807, 2.05) is 0 Å². The number of rotatable bonds is 18. The van der Waals surface area contributed by atoms with E-state index in [2.05, 4.69) is 91.9 Å². The lowest BCUT2D eigenvalue weighted by atomic mass is 10.1. The minimum atomic E-state index is 0.791. The molecule has 0 atom stereocenters. The van der Waals surface area contributed by atoms with Gasteiger partial charge in [-0.15, -0.1) is 0 Å². The highest BCUT2D eigenvalue weighted by molar-refractivity contribution is 5.72. The second-order valence-corrected chi connectivity index (χ2v) is 9.17. The van der Waals surface area contributed by atoms with Crippen LogP contribution in [0.25, 0.3) is 12.2 Å². The van der Waals surface area contributed by atoms with Crippen LogP contribution < -0.4 is 14.2 Å². The van der Waals surface area contributed by atoms with Gasteiger partial charge in [0.1, 0.15) is 12.3 Å². The summed E-state index contributed by atoms with van der Waals surface area (Å²) in [7, 11) is 0. The maximum atomic E-state index is 6.35. The van der Waals surface area contributed by atoms with Crippen LogP contribution in [0.1, 0.15) is 103 Å². The normalized spacial score (nSPS) is 11.3. The number of pyridine rings is 1. The molecule has 34 heavy (non-hydrogen) atoms. The highest BCUT2D eigenvalue weighted by Gasteiger charge is 2.09. The van der Waals surface area contributed by atoms with Gasteiger partial charge < -0.3 is 9.64 Å². The van der Waals surface area contributed by atoms with E-state index in [9.17, 15) is 0 Å². The van der Waals surface area contributed by atoms with E-state index in [4.69, 9.17) is 4.74 Å². The second kappa shape index (κ2) is 17.2. The van der Waals surface area contributed by atoms with Crippen molar-refractivity contribution < 1.29 is 9.30 Å². The Hall–Kier alpha value is -2.29. The first-order valence-electron chi connectivity index (χ1n) is 13.9. The van der Waals surface area contributed by atoms with E-state index < -0.39 is 0 Å². The predicted octanol–water partition coefficient (Wildman–Crippen LogP) is 8.31. The van der Waals surface area contributed by atoms with E-state index in [0.717, 1.165) is 44.0 Å². The minimum absolute atomic E-state index is 0.791. The first-order valence-corrected chi connectivity index (χ1v) is 13.9. The van der Waals surface area contributed by atoms with E-state index in [0.29, 0.717) is 0 Å². The number of hydrogen-bond donors (Lipinski definition) is 0. The summed E-state index contributed by atoms with van der Waals surface area (Å²) < 4.78 is 8.60. The molecule has 0 spiro atoms. The molecule has 0 aliphatic heterocycles. The van der Waals surface area contributed by atoms with Crippen LogP contribution in [0.5, 0.6) is 5.75 Å². The third-order valence-electron chi connectivity index (χ3n) is 6.63. The quantitative estimate of drug-likeness (QED) is 0.162. The van der Waals surface area contributed by atoms with Crippen LogP contribution in [-0.4, -0.2) is 19.7 Å². The zero-order chi connectivity index (χ0) is 24.4. The average Bonchev–Trinajstić information content (AvgIpc) is 2.87. The van der Waals surface area contributed by atoms with Crippen LogP contribution in [-0.2, 0) is 6.54 Å². The largest absolute Gasteiger partial charge is 0.493 e. The average molecular weight is 466 g/mol. The molecule has 1 heterocycles. The van der Waals surface area contributed by atoms with Crippen molar-refractivity contribution in [2.45, 2.75) is 98.4 Å². The summed E-state index contributed by atoms with van der Waals surface area (Å²) in [5.41, 5.74) is 3.59. The summed E-state index contributed by atoms with van der Waals surface area (Å²) in [5, 5.41) is 0. The third kappa shape index (κ3) is 9.91. The van der Waals surface area contributed by atoms with Crippen molar-refractivity contribution in [2.75, 3.05) is 24.6 Å². The molecule has 0 fully saturated rings. The number of benzene rings is 1. The van der Waals surface area contributed by atoms with Crippen LogP contribution in [0.15, 0.2) is 42.6 Å². The Labute approximate surface area is 209 Å². The molecule has 2 aromatic rings. The van der Waals surface area contributed by atoms with E-state index >= 15 is 0 Å². The predicted molar refractivity (Wildman–Crippen MR) is 149 cm³/mol. The second-order valence-electron chi connectivity index (χ2n) is 9.17. The Morgan fingerprint density at radius 3 is 2.09 bits per heavy atom. The standard InChI is InChI=1S/C31H49N2O/c1-5-9-10-11-12-13-14-15-16-19-26-34-31-27-30(32(6-2)7-3)24-22-28(31)21-23-29-20-17-18-25-33(29)8-4/h17-18,20-25,27H,5-16,19,26H2,1-4H3/q+1. The van der Waals surface area contributed by atoms with Gasteiger partial charge in [-0.1, -0.05) is 64.7 Å². The van der Waals surface area contributed by atoms with Crippen molar-refractivity contribution in [3.8, 4) is 5.75 Å². The molecule has 2 rings (SSSR count). The molecule has 0 aliphatic carbocycles. The molecular formula is C31H49N2O+. The zero-order valence-electron chi connectivity index (χ0n) is 22.4. The Balaban J connectivity index is 1.93. The summed E-state index contributed by atoms with van der Waals surface area (Å²) >= 11 is 0. The smallest absolute Gasteiger partial charge is 0.205 e. The first-order chi connectivity index (χ1) is 16.7. The highest BCUT2D eigenvalue weighted by Crippen LogP contribution is 2.28. The highest BCUT2D eigenvalue weighted by atomic mass is 16.5. The van der Waals surface area contributed by atoms with E-state index in [1.54, 1.807) is 0 Å². The number of anilines is 1. The van der Waals surface area contributed by atoms with Crippen molar-refractivity contribution in [1.82, 2.24) is 0 Å². The van der Waals surface area contributed by atoms with Crippen LogP contribution in [0.4, 0.5) is 5.69 Å². The fraction of sp³-hybridized carbons (Fsp3) is 0.581. The van der Waals surface area contributed by atoms with Gasteiger partial charge in [0.05, 0.1) is 6.61 Å². The third-order valence-corrected chi connectivity index (χ3v) is 6.63. The number of aromatic nitrogens is 1. The van der Waals surface area contributed by atoms with Crippen molar-refractivity contribution in [3.63, 3.8) is 0 Å². The summed E-state index contributed by atoms with van der Waals surface area (Å²) in [6.07, 6.45) is 20.0. The summed E-state index contributed by atoms with van der Waals surface area (Å²) in [6.45, 7) is 12.6. The molecule has 0 N–H and O–H groups in total. The molecule has 3 heteroatoms. The topological polar surface area (TPSA) is 16.4 Å². The molecule has 0 unspecified atom stereocenters. The van der Waals surface area contributed by atoms with Gasteiger partial charge in [-0.25, -0.2) is 0 Å². The van der Waals surface area contributed by atoms with Crippen LogP contribution in [0, 0.1) is 0 Å². The summed E-state index contributed by atoms with van der Waals surface area (Å²) in [4.78, 5) is 2.38. The number of hydrogen-bond acceptors (Lipinski definition) is 2. The number of aryl methyl sites for hydroxylation is 1. The lowest BCUT2D eigenvalue weighted by Crippen LogP contribution is -2.34. The number of nitrogens with zero attached hydrogens (tertiary/aromatic N) is 2. The summed E-state index contributed by atoms with van der Waals surface area (Å²) in [6, 6.07) is 13.0. The molecule has 0 saturated heterocycles. The Morgan fingerprint density at radius 1 is 0.765 bits per heavy atom. The molecule has 0 aliphatic rings. The fourth-order valence-corrected chi connectivity index (χ4v) is 4.45. The zero-order valence-corrected chi connectivity index (χ0v) is 22.4. The van der Waals surface area contributed by atoms with Crippen molar-refractivity contribution in [1.29, 1.82) is 0 Å². The van der Waals surface area contributed by atoms with Gasteiger partial charge >= 0.3 is 0 Å². The molecule has 3 nitrogen and oxygen atoms in total. The van der Waals surface area contributed by atoms with E-state index in [-0.39, 0.29) is 0 Å². The lowest BCUT2D eigenvalue weighted by molar-refractivity contribution is -0.695. The Bertz CT molecular complexity index is 826. The van der Waals surface area contributed by atoms with Gasteiger partial charge in [-0.05, 0) is 51.5 Å². The first kappa shape index (κ1) is 28.0. The maximum Gasteiger partial charge on any atom is 0.205 e. The van der Waals surface area contributed by atoms with E-state index in [1.165, 1.54) is 69.2 Å². The van der Waals surface area contributed by atoms with Crippen molar-refractivity contribution in [2.24, 2.45) is 0 Å². The van der Waals surface area contributed by atoms with Gasteiger partial charge in [-0.2, -0.15) is 4.57 Å². The fourth-order valence-electron chi connectivity index (χ4n) is 4.45. The molecule has 1 aromatic heterocycles. The molecule has 188 valence electrons. The maximum absolute atomic E-state index is 6.35. The monoisotopic (exact) mass is 465 g/mol. The number of ether oxygens (including phenoxy) is 1. The van der Waals surface area contributed by atoms with Gasteiger partial charge in [0.2, 0.25) is 5.69 Å².